The van der Waals surface area contributed by atoms with Gasteiger partial charge in [0.2, 0.25) is 5.95 Å². The largest absolute Gasteiger partial charge is 0.383 e. The van der Waals surface area contributed by atoms with E-state index < -0.39 is 0 Å². The molecule has 3 rings (SSSR count). The van der Waals surface area contributed by atoms with Crippen molar-refractivity contribution < 1.29 is 0 Å². The molecule has 7 heteroatoms. The Kier molecular flexibility index (Phi) is 3.81. The van der Waals surface area contributed by atoms with Crippen LogP contribution in [0.15, 0.2) is 24.8 Å². The summed E-state index contributed by atoms with van der Waals surface area (Å²) in [5.41, 5.74) is 6.98. The molecule has 3 heterocycles. The number of nitrogens with two attached hydrogens (primary N) is 1. The summed E-state index contributed by atoms with van der Waals surface area (Å²) < 4.78 is 0. The first-order chi connectivity index (χ1) is 10.3. The van der Waals surface area contributed by atoms with Gasteiger partial charge in [0.25, 0.3) is 0 Å². The molecule has 0 aromatic carbocycles. The molecule has 0 radical (unpaired) electrons. The van der Waals surface area contributed by atoms with Crippen molar-refractivity contribution >= 4 is 17.6 Å². The average molecular weight is 285 g/mol. The van der Waals surface area contributed by atoms with Crippen LogP contribution in [0.1, 0.15) is 12.5 Å². The maximum absolute atomic E-state index is 5.95. The molecule has 21 heavy (non-hydrogen) atoms. The third kappa shape index (κ3) is 2.72. The minimum atomic E-state index is 0.580. The Morgan fingerprint density at radius 1 is 1.00 bits per heavy atom. The molecule has 0 spiro atoms. The van der Waals surface area contributed by atoms with Gasteiger partial charge in [-0.25, -0.2) is 19.9 Å². The van der Waals surface area contributed by atoms with Gasteiger partial charge in [0.05, 0.1) is 0 Å². The zero-order chi connectivity index (χ0) is 14.7. The topological polar surface area (TPSA) is 84.1 Å². The Morgan fingerprint density at radius 2 is 1.67 bits per heavy atom. The lowest BCUT2D eigenvalue weighted by molar-refractivity contribution is 0.631. The molecule has 110 valence electrons. The third-order valence-electron chi connectivity index (χ3n) is 3.72. The van der Waals surface area contributed by atoms with Gasteiger partial charge in [-0.3, -0.25) is 0 Å². The smallest absolute Gasteiger partial charge is 0.225 e. The van der Waals surface area contributed by atoms with Gasteiger partial charge in [-0.05, 0) is 12.5 Å². The van der Waals surface area contributed by atoms with Crippen molar-refractivity contribution in [3.8, 4) is 0 Å². The number of piperazine rings is 1. The minimum Gasteiger partial charge on any atom is -0.383 e. The summed E-state index contributed by atoms with van der Waals surface area (Å²) in [5, 5.41) is 0. The van der Waals surface area contributed by atoms with Crippen molar-refractivity contribution in [2.24, 2.45) is 0 Å². The molecule has 0 saturated carbocycles. The van der Waals surface area contributed by atoms with Crippen LogP contribution in [0.25, 0.3) is 0 Å². The van der Waals surface area contributed by atoms with Gasteiger partial charge in [-0.2, -0.15) is 0 Å². The van der Waals surface area contributed by atoms with Crippen molar-refractivity contribution in [2.75, 3.05) is 41.7 Å². The quantitative estimate of drug-likeness (QED) is 0.890. The molecule has 1 aliphatic heterocycles. The zero-order valence-electron chi connectivity index (χ0n) is 12.1. The van der Waals surface area contributed by atoms with Gasteiger partial charge >= 0.3 is 0 Å². The summed E-state index contributed by atoms with van der Waals surface area (Å²) in [7, 11) is 0. The fourth-order valence-electron chi connectivity index (χ4n) is 2.60. The molecular weight excluding hydrogens is 266 g/mol. The number of hydrogen-bond acceptors (Lipinski definition) is 7. The fraction of sp³-hybridized carbons (Fsp3) is 0.429. The van der Waals surface area contributed by atoms with Gasteiger partial charge in [-0.1, -0.05) is 6.92 Å². The van der Waals surface area contributed by atoms with Crippen LogP contribution in [0.5, 0.6) is 0 Å². The van der Waals surface area contributed by atoms with E-state index in [1.807, 2.05) is 6.07 Å². The summed E-state index contributed by atoms with van der Waals surface area (Å²) >= 11 is 0. The van der Waals surface area contributed by atoms with Crippen molar-refractivity contribution in [3.63, 3.8) is 0 Å². The SMILES string of the molecule is CCc1c(N)ncnc1N1CCN(c2ncccn2)CC1. The number of rotatable bonds is 3. The molecule has 2 aromatic rings. The first-order valence-electron chi connectivity index (χ1n) is 7.16. The highest BCUT2D eigenvalue weighted by Gasteiger charge is 2.22. The molecule has 1 aliphatic rings. The Labute approximate surface area is 123 Å². The Balaban J connectivity index is 1.73. The van der Waals surface area contributed by atoms with Crippen LogP contribution >= 0.6 is 0 Å². The summed E-state index contributed by atoms with van der Waals surface area (Å²) in [6.45, 7) is 5.57. The van der Waals surface area contributed by atoms with Crippen LogP contribution in [0.4, 0.5) is 17.6 Å². The second kappa shape index (κ2) is 5.90. The standard InChI is InChI=1S/C14H19N7/c1-2-11-12(15)18-10-19-13(11)20-6-8-21(9-7-20)14-16-4-3-5-17-14/h3-5,10H,2,6-9H2,1H3,(H2,15,18,19). The van der Waals surface area contributed by atoms with E-state index in [4.69, 9.17) is 5.73 Å². The third-order valence-corrected chi connectivity index (χ3v) is 3.72. The highest BCUT2D eigenvalue weighted by Crippen LogP contribution is 2.23. The second-order valence-corrected chi connectivity index (χ2v) is 4.94. The van der Waals surface area contributed by atoms with Crippen LogP contribution in [0.2, 0.25) is 0 Å². The van der Waals surface area contributed by atoms with E-state index in [1.54, 1.807) is 12.4 Å². The Bertz CT molecular complexity index is 594. The molecule has 0 atom stereocenters. The van der Waals surface area contributed by atoms with E-state index in [0.29, 0.717) is 5.82 Å². The highest BCUT2D eigenvalue weighted by atomic mass is 15.3. The van der Waals surface area contributed by atoms with E-state index >= 15 is 0 Å². The minimum absolute atomic E-state index is 0.580. The Hall–Kier alpha value is -2.44. The van der Waals surface area contributed by atoms with Crippen LogP contribution in [-0.2, 0) is 6.42 Å². The maximum Gasteiger partial charge on any atom is 0.225 e. The van der Waals surface area contributed by atoms with Gasteiger partial charge < -0.3 is 15.5 Å². The summed E-state index contributed by atoms with van der Waals surface area (Å²) in [6.07, 6.45) is 5.92. The average Bonchev–Trinajstić information content (AvgIpc) is 2.55. The zero-order valence-corrected chi connectivity index (χ0v) is 12.1. The highest BCUT2D eigenvalue weighted by molar-refractivity contribution is 5.57. The van der Waals surface area contributed by atoms with E-state index in [0.717, 1.165) is 49.9 Å². The van der Waals surface area contributed by atoms with E-state index in [-0.39, 0.29) is 0 Å². The van der Waals surface area contributed by atoms with Gasteiger partial charge in [0.1, 0.15) is 18.0 Å². The summed E-state index contributed by atoms with van der Waals surface area (Å²) in [5.74, 6) is 2.32. The first kappa shape index (κ1) is 13.5. The molecule has 1 fully saturated rings. The number of nitrogen functional groups attached to an aromatic ring is 1. The van der Waals surface area contributed by atoms with Crippen molar-refractivity contribution in [2.45, 2.75) is 13.3 Å². The lowest BCUT2D eigenvalue weighted by atomic mass is 10.2. The molecule has 2 aromatic heterocycles. The van der Waals surface area contributed by atoms with Crippen molar-refractivity contribution in [1.82, 2.24) is 19.9 Å². The van der Waals surface area contributed by atoms with Crippen LogP contribution in [-0.4, -0.2) is 46.1 Å². The van der Waals surface area contributed by atoms with Crippen molar-refractivity contribution in [1.29, 1.82) is 0 Å². The molecule has 0 aliphatic carbocycles. The number of aromatic nitrogens is 4. The molecular formula is C14H19N7. The normalized spacial score (nSPS) is 15.3. The van der Waals surface area contributed by atoms with E-state index in [2.05, 4.69) is 36.7 Å². The fourth-order valence-corrected chi connectivity index (χ4v) is 2.60. The molecule has 0 amide bonds. The molecule has 0 unspecified atom stereocenters. The van der Waals surface area contributed by atoms with Crippen LogP contribution in [0, 0.1) is 0 Å². The Morgan fingerprint density at radius 3 is 2.33 bits per heavy atom. The number of anilines is 3. The maximum atomic E-state index is 5.95. The molecule has 7 nitrogen and oxygen atoms in total. The second-order valence-electron chi connectivity index (χ2n) is 4.94. The predicted molar refractivity (Wildman–Crippen MR) is 82.3 cm³/mol. The molecule has 1 saturated heterocycles. The van der Waals surface area contributed by atoms with Crippen molar-refractivity contribution in [3.05, 3.63) is 30.4 Å². The number of nitrogens with zero attached hydrogens (tertiary/aromatic N) is 6. The molecule has 0 bridgehead atoms. The molecule has 2 N–H and O–H groups in total. The lowest BCUT2D eigenvalue weighted by Crippen LogP contribution is -2.47. The van der Waals surface area contributed by atoms with E-state index in [9.17, 15) is 0 Å². The lowest BCUT2D eigenvalue weighted by Gasteiger charge is -2.36. The summed E-state index contributed by atoms with van der Waals surface area (Å²) in [6, 6.07) is 1.83. The van der Waals surface area contributed by atoms with Crippen LogP contribution in [0.3, 0.4) is 0 Å². The monoisotopic (exact) mass is 285 g/mol. The van der Waals surface area contributed by atoms with Crippen LogP contribution < -0.4 is 15.5 Å². The van der Waals surface area contributed by atoms with E-state index in [1.165, 1.54) is 6.33 Å². The van der Waals surface area contributed by atoms with Gasteiger partial charge in [0, 0.05) is 44.1 Å². The van der Waals surface area contributed by atoms with Gasteiger partial charge in [0.15, 0.2) is 0 Å². The predicted octanol–water partition coefficient (Wildman–Crippen LogP) is 0.738. The number of hydrogen-bond donors (Lipinski definition) is 1. The summed E-state index contributed by atoms with van der Waals surface area (Å²) in [4.78, 5) is 21.5. The van der Waals surface area contributed by atoms with Gasteiger partial charge in [-0.15, -0.1) is 0 Å². The first-order valence-corrected chi connectivity index (χ1v) is 7.16.